The maximum atomic E-state index is 12.6. The molecule has 0 aliphatic heterocycles. The van der Waals surface area contributed by atoms with Gasteiger partial charge >= 0.3 is 0 Å². The number of fused-ring (bicyclic) bond motifs is 1. The van der Waals surface area contributed by atoms with Gasteiger partial charge in [0.25, 0.3) is 5.91 Å². The number of hydrogen-bond donors (Lipinski definition) is 2. The van der Waals surface area contributed by atoms with Crippen LogP contribution in [0.2, 0.25) is 0 Å². The minimum atomic E-state index is -3.71. The lowest BCUT2D eigenvalue weighted by Crippen LogP contribution is -2.28. The van der Waals surface area contributed by atoms with Crippen LogP contribution in [0, 0.1) is 6.92 Å². The van der Waals surface area contributed by atoms with E-state index in [1.807, 2.05) is 22.2 Å². The van der Waals surface area contributed by atoms with Gasteiger partial charge in [-0.25, -0.2) is 18.1 Å². The van der Waals surface area contributed by atoms with Gasteiger partial charge in [0, 0.05) is 37.0 Å². The summed E-state index contributed by atoms with van der Waals surface area (Å²) in [4.78, 5) is 17.9. The first-order valence-corrected chi connectivity index (χ1v) is 10.6. The highest BCUT2D eigenvalue weighted by Gasteiger charge is 2.18. The Morgan fingerprint density at radius 3 is 2.93 bits per heavy atom. The fourth-order valence-corrected chi connectivity index (χ4v) is 4.26. The first-order chi connectivity index (χ1) is 12.9. The lowest BCUT2D eigenvalue weighted by atomic mass is 10.1. The standard InChI is InChI=1S/C17H20N4O4S2/c1-12-3-4-14(27(23,24)19-5-7-25-2)9-15(12)16(22)18-10-13-11-21-6-8-26-17(21)20-13/h3-4,6,8-9,11,19H,5,7,10H2,1-2H3,(H,18,22). The van der Waals surface area contributed by atoms with Crippen molar-refractivity contribution in [3.8, 4) is 0 Å². The Labute approximate surface area is 161 Å². The molecule has 0 atom stereocenters. The van der Waals surface area contributed by atoms with Crippen LogP contribution in [0.15, 0.2) is 40.9 Å². The topological polar surface area (TPSA) is 102 Å². The number of aromatic nitrogens is 2. The normalized spacial score (nSPS) is 11.8. The molecule has 1 amide bonds. The van der Waals surface area contributed by atoms with E-state index in [-0.39, 0.29) is 30.5 Å². The minimum absolute atomic E-state index is 0.0388. The average Bonchev–Trinajstić information content (AvgIpc) is 3.21. The summed E-state index contributed by atoms with van der Waals surface area (Å²) in [7, 11) is -2.21. The van der Waals surface area contributed by atoms with Crippen molar-refractivity contribution in [1.82, 2.24) is 19.4 Å². The average molecular weight is 409 g/mol. The van der Waals surface area contributed by atoms with Gasteiger partial charge in [0.2, 0.25) is 10.0 Å². The monoisotopic (exact) mass is 408 g/mol. The number of carbonyl (C=O) groups is 1. The van der Waals surface area contributed by atoms with Crippen LogP contribution in [0.4, 0.5) is 0 Å². The van der Waals surface area contributed by atoms with Gasteiger partial charge in [0.05, 0.1) is 23.7 Å². The molecule has 0 aliphatic carbocycles. The highest BCUT2D eigenvalue weighted by molar-refractivity contribution is 7.89. The summed E-state index contributed by atoms with van der Waals surface area (Å²) >= 11 is 1.51. The number of sulfonamides is 1. The van der Waals surface area contributed by atoms with Crippen LogP contribution in [0.3, 0.4) is 0 Å². The van der Waals surface area contributed by atoms with Gasteiger partial charge in [-0.05, 0) is 24.6 Å². The summed E-state index contributed by atoms with van der Waals surface area (Å²) in [5.41, 5.74) is 1.73. The number of imidazole rings is 1. The fourth-order valence-electron chi connectivity index (χ4n) is 2.50. The van der Waals surface area contributed by atoms with Gasteiger partial charge in [0.15, 0.2) is 4.96 Å². The summed E-state index contributed by atoms with van der Waals surface area (Å²) in [5.74, 6) is -0.349. The zero-order valence-electron chi connectivity index (χ0n) is 14.9. The van der Waals surface area contributed by atoms with Gasteiger partial charge in [-0.2, -0.15) is 0 Å². The highest BCUT2D eigenvalue weighted by Crippen LogP contribution is 2.16. The SMILES string of the molecule is COCCNS(=O)(=O)c1ccc(C)c(C(=O)NCc2cn3ccsc3n2)c1. The van der Waals surface area contributed by atoms with E-state index in [0.29, 0.717) is 11.1 Å². The Morgan fingerprint density at radius 1 is 1.37 bits per heavy atom. The molecule has 3 aromatic rings. The third-order valence-corrected chi connectivity index (χ3v) is 6.16. The van der Waals surface area contributed by atoms with E-state index < -0.39 is 10.0 Å². The molecule has 0 unspecified atom stereocenters. The number of benzene rings is 1. The van der Waals surface area contributed by atoms with Crippen LogP contribution in [-0.2, 0) is 21.3 Å². The number of thiazole rings is 1. The molecule has 0 spiro atoms. The van der Waals surface area contributed by atoms with Crippen molar-refractivity contribution >= 4 is 32.2 Å². The molecule has 0 fully saturated rings. The van der Waals surface area contributed by atoms with Crippen LogP contribution in [0.25, 0.3) is 4.96 Å². The lowest BCUT2D eigenvalue weighted by Gasteiger charge is -2.10. The summed E-state index contributed by atoms with van der Waals surface area (Å²) in [6, 6.07) is 4.47. The predicted octanol–water partition coefficient (Wildman–Crippen LogP) is 1.56. The number of methoxy groups -OCH3 is 1. The summed E-state index contributed by atoms with van der Waals surface area (Å²) in [6.45, 7) is 2.44. The minimum Gasteiger partial charge on any atom is -0.383 e. The van der Waals surface area contributed by atoms with E-state index in [4.69, 9.17) is 4.74 Å². The molecule has 8 nitrogen and oxygen atoms in total. The molecule has 3 rings (SSSR count). The number of nitrogens with zero attached hydrogens (tertiary/aromatic N) is 2. The maximum Gasteiger partial charge on any atom is 0.251 e. The maximum absolute atomic E-state index is 12.6. The van der Waals surface area contributed by atoms with Crippen LogP contribution in [-0.4, -0.2) is 44.0 Å². The molecule has 0 saturated heterocycles. The molecule has 0 saturated carbocycles. The number of hydrogen-bond acceptors (Lipinski definition) is 6. The van der Waals surface area contributed by atoms with E-state index in [1.54, 1.807) is 13.0 Å². The van der Waals surface area contributed by atoms with Gasteiger partial charge in [-0.15, -0.1) is 11.3 Å². The van der Waals surface area contributed by atoms with Crippen LogP contribution in [0.5, 0.6) is 0 Å². The number of amides is 1. The number of rotatable bonds is 8. The van der Waals surface area contributed by atoms with Gasteiger partial charge in [0.1, 0.15) is 0 Å². The summed E-state index contributed by atoms with van der Waals surface area (Å²) in [5, 5.41) is 4.72. The van der Waals surface area contributed by atoms with Crippen molar-refractivity contribution in [2.45, 2.75) is 18.4 Å². The summed E-state index contributed by atoms with van der Waals surface area (Å²) in [6.07, 6.45) is 3.74. The van der Waals surface area contributed by atoms with Crippen molar-refractivity contribution in [2.24, 2.45) is 0 Å². The number of carbonyl (C=O) groups excluding carboxylic acids is 1. The molecule has 0 bridgehead atoms. The molecule has 2 heterocycles. The van der Waals surface area contributed by atoms with Gasteiger partial charge in [-0.1, -0.05) is 6.07 Å². The number of ether oxygens (including phenoxy) is 1. The first-order valence-electron chi connectivity index (χ1n) is 8.19. The second-order valence-corrected chi connectivity index (χ2v) is 8.52. The Kier molecular flexibility index (Phi) is 5.90. The molecule has 0 radical (unpaired) electrons. The van der Waals surface area contributed by atoms with E-state index in [0.717, 1.165) is 10.7 Å². The first kappa shape index (κ1) is 19.5. The van der Waals surface area contributed by atoms with Crippen molar-refractivity contribution in [1.29, 1.82) is 0 Å². The van der Waals surface area contributed by atoms with E-state index in [9.17, 15) is 13.2 Å². The quantitative estimate of drug-likeness (QED) is 0.551. The Morgan fingerprint density at radius 2 is 2.19 bits per heavy atom. The predicted molar refractivity (Wildman–Crippen MR) is 102 cm³/mol. The number of aryl methyl sites for hydroxylation is 1. The third-order valence-electron chi connectivity index (χ3n) is 3.94. The molecule has 27 heavy (non-hydrogen) atoms. The molecular formula is C17H20N4O4S2. The van der Waals surface area contributed by atoms with Crippen molar-refractivity contribution in [3.63, 3.8) is 0 Å². The largest absolute Gasteiger partial charge is 0.383 e. The molecule has 2 N–H and O–H groups in total. The fraction of sp³-hybridized carbons (Fsp3) is 0.294. The van der Waals surface area contributed by atoms with Gasteiger partial charge < -0.3 is 10.1 Å². The second-order valence-electron chi connectivity index (χ2n) is 5.88. The molecule has 0 aliphatic rings. The molecular weight excluding hydrogens is 388 g/mol. The van der Waals surface area contributed by atoms with Crippen LogP contribution < -0.4 is 10.0 Å². The zero-order valence-corrected chi connectivity index (χ0v) is 16.6. The Balaban J connectivity index is 1.72. The molecule has 10 heteroatoms. The van der Waals surface area contributed by atoms with Gasteiger partial charge in [-0.3, -0.25) is 9.20 Å². The Bertz CT molecular complexity index is 1030. The van der Waals surface area contributed by atoms with E-state index in [1.165, 1.54) is 30.6 Å². The smallest absolute Gasteiger partial charge is 0.251 e. The third kappa shape index (κ3) is 4.53. The van der Waals surface area contributed by atoms with Crippen molar-refractivity contribution in [3.05, 3.63) is 52.8 Å². The van der Waals surface area contributed by atoms with Crippen LogP contribution >= 0.6 is 11.3 Å². The Hall–Kier alpha value is -2.27. The lowest BCUT2D eigenvalue weighted by molar-refractivity contribution is 0.0949. The number of nitrogens with one attached hydrogen (secondary N) is 2. The highest BCUT2D eigenvalue weighted by atomic mass is 32.2. The van der Waals surface area contributed by atoms with Crippen molar-refractivity contribution in [2.75, 3.05) is 20.3 Å². The zero-order chi connectivity index (χ0) is 19.4. The summed E-state index contributed by atoms with van der Waals surface area (Å²) < 4.78 is 33.8. The molecule has 144 valence electrons. The molecule has 2 aromatic heterocycles. The second kappa shape index (κ2) is 8.17. The van der Waals surface area contributed by atoms with Crippen molar-refractivity contribution < 1.29 is 17.9 Å². The molecule has 1 aromatic carbocycles. The van der Waals surface area contributed by atoms with E-state index >= 15 is 0 Å². The van der Waals surface area contributed by atoms with Crippen LogP contribution in [0.1, 0.15) is 21.6 Å². The van der Waals surface area contributed by atoms with E-state index in [2.05, 4.69) is 15.0 Å².